The van der Waals surface area contributed by atoms with Crippen molar-refractivity contribution in [2.45, 2.75) is 24.4 Å². The molecule has 0 atom stereocenters. The lowest BCUT2D eigenvalue weighted by Crippen LogP contribution is -2.23. The number of hydrogen-bond acceptors (Lipinski definition) is 5. The molecule has 0 fully saturated rings. The Morgan fingerprint density at radius 1 is 1.45 bits per heavy atom. The third kappa shape index (κ3) is 3.89. The summed E-state index contributed by atoms with van der Waals surface area (Å²) >= 11 is 0. The monoisotopic (exact) mass is 298 g/mol. The Labute approximate surface area is 117 Å². The second-order valence-corrected chi connectivity index (χ2v) is 6.02. The van der Waals surface area contributed by atoms with Crippen LogP contribution in [0, 0.1) is 0 Å². The fourth-order valence-corrected chi connectivity index (χ4v) is 2.60. The van der Waals surface area contributed by atoms with Crippen LogP contribution in [0.25, 0.3) is 0 Å². The second kappa shape index (κ2) is 6.64. The van der Waals surface area contributed by atoms with Gasteiger partial charge in [0.25, 0.3) is 0 Å². The zero-order valence-corrected chi connectivity index (χ0v) is 12.0. The number of imidazole rings is 1. The predicted octanol–water partition coefficient (Wildman–Crippen LogP) is -0.306. The lowest BCUT2D eigenvalue weighted by Gasteiger charge is -2.02. The van der Waals surface area contributed by atoms with Crippen molar-refractivity contribution in [2.24, 2.45) is 0 Å². The van der Waals surface area contributed by atoms with Crippen LogP contribution in [-0.4, -0.2) is 41.8 Å². The van der Waals surface area contributed by atoms with Gasteiger partial charge in [0.15, 0.2) is 0 Å². The van der Waals surface area contributed by atoms with Crippen molar-refractivity contribution in [3.8, 4) is 0 Å². The highest BCUT2D eigenvalue weighted by Crippen LogP contribution is 2.07. The molecule has 110 valence electrons. The third-order valence-corrected chi connectivity index (χ3v) is 4.07. The van der Waals surface area contributed by atoms with E-state index in [-0.39, 0.29) is 11.4 Å². The molecule has 0 saturated heterocycles. The Hall–Kier alpha value is -1.71. The number of aryl methyl sites for hydroxylation is 1. The molecular weight excluding hydrogens is 280 g/mol. The van der Waals surface area contributed by atoms with Crippen LogP contribution in [0.2, 0.25) is 0 Å². The number of aromatic nitrogens is 4. The van der Waals surface area contributed by atoms with E-state index in [1.807, 2.05) is 7.05 Å². The maximum Gasteiger partial charge on any atom is 0.244 e. The summed E-state index contributed by atoms with van der Waals surface area (Å²) in [5.74, 6) is 0.565. The van der Waals surface area contributed by atoms with Crippen LogP contribution >= 0.6 is 0 Å². The summed E-state index contributed by atoms with van der Waals surface area (Å²) in [6.45, 7) is 1.66. The molecule has 0 aliphatic heterocycles. The Morgan fingerprint density at radius 3 is 3.00 bits per heavy atom. The number of aromatic amines is 1. The third-order valence-electron chi connectivity index (χ3n) is 2.72. The van der Waals surface area contributed by atoms with E-state index in [1.54, 1.807) is 17.1 Å². The molecule has 0 aliphatic carbocycles. The van der Waals surface area contributed by atoms with Crippen molar-refractivity contribution in [1.29, 1.82) is 0 Å². The molecule has 0 amide bonds. The first-order valence-corrected chi connectivity index (χ1v) is 7.75. The lowest BCUT2D eigenvalue weighted by atomic mass is 10.4. The van der Waals surface area contributed by atoms with Gasteiger partial charge in [-0.1, -0.05) is 0 Å². The fraction of sp³-hybridized carbons (Fsp3) is 0.455. The molecule has 0 saturated carbocycles. The number of rotatable bonds is 8. The van der Waals surface area contributed by atoms with Crippen molar-refractivity contribution in [2.75, 3.05) is 13.6 Å². The van der Waals surface area contributed by atoms with Gasteiger partial charge in [0.05, 0.1) is 12.7 Å². The Bertz CT molecular complexity index is 619. The molecule has 2 rings (SSSR count). The van der Waals surface area contributed by atoms with Gasteiger partial charge in [-0.05, 0) is 20.0 Å². The molecule has 0 spiro atoms. The smallest absolute Gasteiger partial charge is 0.244 e. The molecule has 20 heavy (non-hydrogen) atoms. The molecule has 2 aromatic heterocycles. The average molecular weight is 298 g/mol. The van der Waals surface area contributed by atoms with Crippen LogP contribution in [0.4, 0.5) is 0 Å². The van der Waals surface area contributed by atoms with E-state index >= 15 is 0 Å². The Morgan fingerprint density at radius 2 is 2.30 bits per heavy atom. The zero-order valence-electron chi connectivity index (χ0n) is 11.2. The topological polar surface area (TPSA) is 105 Å². The number of sulfonamides is 1. The van der Waals surface area contributed by atoms with Crippen LogP contribution in [0.3, 0.4) is 0 Å². The van der Waals surface area contributed by atoms with Crippen molar-refractivity contribution < 1.29 is 8.42 Å². The molecule has 2 aromatic rings. The van der Waals surface area contributed by atoms with E-state index in [9.17, 15) is 8.42 Å². The van der Waals surface area contributed by atoms with Gasteiger partial charge in [0.2, 0.25) is 10.0 Å². The van der Waals surface area contributed by atoms with Crippen LogP contribution in [0.1, 0.15) is 12.2 Å². The second-order valence-electron chi connectivity index (χ2n) is 4.26. The van der Waals surface area contributed by atoms with E-state index in [1.165, 1.54) is 12.4 Å². The summed E-state index contributed by atoms with van der Waals surface area (Å²) in [6, 6.07) is 0. The summed E-state index contributed by atoms with van der Waals surface area (Å²) in [5, 5.41) is 7.07. The van der Waals surface area contributed by atoms with Gasteiger partial charge in [-0.15, -0.1) is 0 Å². The van der Waals surface area contributed by atoms with Gasteiger partial charge in [-0.2, -0.15) is 5.10 Å². The maximum atomic E-state index is 12.1. The highest BCUT2D eigenvalue weighted by molar-refractivity contribution is 7.89. The number of hydrogen-bond donors (Lipinski definition) is 3. The first-order valence-electron chi connectivity index (χ1n) is 6.27. The largest absolute Gasteiger partial charge is 0.347 e. The van der Waals surface area contributed by atoms with Gasteiger partial charge in [-0.3, -0.25) is 4.68 Å². The van der Waals surface area contributed by atoms with Gasteiger partial charge in [-0.25, -0.2) is 18.1 Å². The molecule has 0 radical (unpaired) electrons. The summed E-state index contributed by atoms with van der Waals surface area (Å²) in [4.78, 5) is 6.95. The summed E-state index contributed by atoms with van der Waals surface area (Å²) < 4.78 is 28.2. The highest BCUT2D eigenvalue weighted by Gasteiger charge is 2.16. The van der Waals surface area contributed by atoms with E-state index in [4.69, 9.17) is 0 Å². The molecule has 3 N–H and O–H groups in total. The zero-order chi connectivity index (χ0) is 14.4. The molecule has 2 heterocycles. The van der Waals surface area contributed by atoms with Gasteiger partial charge in [0, 0.05) is 25.1 Å². The molecule has 0 unspecified atom stereocenters. The molecule has 0 aliphatic rings. The van der Waals surface area contributed by atoms with E-state index in [0.717, 1.165) is 13.0 Å². The van der Waals surface area contributed by atoms with Crippen molar-refractivity contribution in [3.63, 3.8) is 0 Å². The van der Waals surface area contributed by atoms with Crippen LogP contribution in [0.15, 0.2) is 29.7 Å². The minimum atomic E-state index is -3.56. The maximum absolute atomic E-state index is 12.1. The van der Waals surface area contributed by atoms with E-state index < -0.39 is 10.0 Å². The molecule has 8 nitrogen and oxygen atoms in total. The molecule has 0 aromatic carbocycles. The molecule has 0 bridgehead atoms. The van der Waals surface area contributed by atoms with Gasteiger partial charge < -0.3 is 10.3 Å². The predicted molar refractivity (Wildman–Crippen MR) is 73.4 cm³/mol. The number of nitrogens with zero attached hydrogens (tertiary/aromatic N) is 3. The summed E-state index contributed by atoms with van der Waals surface area (Å²) in [7, 11) is -1.68. The fourth-order valence-electron chi connectivity index (χ4n) is 1.66. The van der Waals surface area contributed by atoms with Gasteiger partial charge in [0.1, 0.15) is 10.7 Å². The number of nitrogens with one attached hydrogen (secondary N) is 3. The quantitative estimate of drug-likeness (QED) is 0.580. The number of H-pyrrole nitrogens is 1. The minimum absolute atomic E-state index is 0.125. The van der Waals surface area contributed by atoms with Crippen molar-refractivity contribution >= 4 is 10.0 Å². The first-order chi connectivity index (χ1) is 9.62. The first kappa shape index (κ1) is 14.7. The van der Waals surface area contributed by atoms with E-state index in [2.05, 4.69) is 25.1 Å². The Kier molecular flexibility index (Phi) is 4.88. The Balaban J connectivity index is 1.95. The normalized spacial score (nSPS) is 11.8. The van der Waals surface area contributed by atoms with Crippen LogP contribution in [-0.2, 0) is 23.1 Å². The van der Waals surface area contributed by atoms with Crippen LogP contribution in [0.5, 0.6) is 0 Å². The SMILES string of the molecule is CNCCCn1cc(S(=O)(=O)NCc2ncc[nH]2)cn1. The molecule has 9 heteroatoms. The van der Waals surface area contributed by atoms with Crippen molar-refractivity contribution in [1.82, 2.24) is 29.8 Å². The minimum Gasteiger partial charge on any atom is -0.347 e. The average Bonchev–Trinajstić information content (AvgIpc) is 3.08. The molecular formula is C11H18N6O2S. The lowest BCUT2D eigenvalue weighted by molar-refractivity contribution is 0.560. The van der Waals surface area contributed by atoms with Gasteiger partial charge >= 0.3 is 0 Å². The summed E-state index contributed by atoms with van der Waals surface area (Å²) in [5.41, 5.74) is 0. The standard InChI is InChI=1S/C11H18N6O2S/c1-12-3-2-6-17-9-10(7-15-17)20(18,19)16-8-11-13-4-5-14-11/h4-5,7,9,12,16H,2-3,6,8H2,1H3,(H,13,14). The van der Waals surface area contributed by atoms with Crippen molar-refractivity contribution in [3.05, 3.63) is 30.6 Å². The summed E-state index contributed by atoms with van der Waals surface area (Å²) in [6.07, 6.45) is 6.98. The highest BCUT2D eigenvalue weighted by atomic mass is 32.2. The van der Waals surface area contributed by atoms with Crippen LogP contribution < -0.4 is 10.0 Å². The van der Waals surface area contributed by atoms with E-state index in [0.29, 0.717) is 12.4 Å².